The Labute approximate surface area is 127 Å². The molecule has 6 heteroatoms. The summed E-state index contributed by atoms with van der Waals surface area (Å²) in [6, 6.07) is 7.71. The maximum Gasteiger partial charge on any atom is 0.301 e. The van der Waals surface area contributed by atoms with Gasteiger partial charge in [-0.05, 0) is 30.5 Å². The van der Waals surface area contributed by atoms with Gasteiger partial charge in [0.1, 0.15) is 0 Å². The van der Waals surface area contributed by atoms with Crippen LogP contribution in [0, 0.1) is 0 Å². The van der Waals surface area contributed by atoms with Crippen LogP contribution in [0.3, 0.4) is 0 Å². The summed E-state index contributed by atoms with van der Waals surface area (Å²) >= 11 is 0. The molecule has 1 aliphatic rings. The van der Waals surface area contributed by atoms with E-state index in [1.807, 2.05) is 24.3 Å². The number of nitrogens with one attached hydrogen (secondary N) is 2. The zero-order valence-corrected chi connectivity index (χ0v) is 13.5. The fourth-order valence-corrected chi connectivity index (χ4v) is 3.64. The third kappa shape index (κ3) is 4.98. The average molecular weight is 311 g/mol. The van der Waals surface area contributed by atoms with Gasteiger partial charge < -0.3 is 5.32 Å². The predicted octanol–water partition coefficient (Wildman–Crippen LogP) is 1.98. The van der Waals surface area contributed by atoms with Crippen LogP contribution in [0.5, 0.6) is 0 Å². The molecule has 1 aliphatic heterocycles. The number of rotatable bonds is 7. The number of hydrogen-bond donors (Lipinski definition) is 2. The molecule has 5 nitrogen and oxygen atoms in total. The van der Waals surface area contributed by atoms with Crippen LogP contribution in [0.1, 0.15) is 31.7 Å². The number of nitrogens with zero attached hydrogens (tertiary/aromatic N) is 1. The van der Waals surface area contributed by atoms with Crippen LogP contribution < -0.4 is 10.0 Å². The number of benzene rings is 1. The largest absolute Gasteiger partial charge is 0.314 e. The first-order valence-electron chi connectivity index (χ1n) is 7.69. The zero-order valence-electron chi connectivity index (χ0n) is 12.6. The molecule has 0 unspecified atom stereocenters. The summed E-state index contributed by atoms with van der Waals surface area (Å²) in [4.78, 5) is 0. The number of unbranched alkanes of at least 4 members (excludes halogenated alkanes) is 2. The Kier molecular flexibility index (Phi) is 6.02. The smallest absolute Gasteiger partial charge is 0.301 e. The Bertz CT molecular complexity index is 522. The summed E-state index contributed by atoms with van der Waals surface area (Å²) in [6.07, 6.45) is 4.68. The van der Waals surface area contributed by atoms with Gasteiger partial charge in [0.2, 0.25) is 0 Å². The molecule has 0 bridgehead atoms. The first kappa shape index (κ1) is 16.3. The molecule has 1 heterocycles. The lowest BCUT2D eigenvalue weighted by Gasteiger charge is -2.26. The van der Waals surface area contributed by atoms with Crippen molar-refractivity contribution in [1.82, 2.24) is 9.62 Å². The number of piperazine rings is 1. The summed E-state index contributed by atoms with van der Waals surface area (Å²) in [7, 11) is -3.43. The highest BCUT2D eigenvalue weighted by atomic mass is 32.2. The Morgan fingerprint density at radius 3 is 2.43 bits per heavy atom. The quantitative estimate of drug-likeness (QED) is 0.757. The van der Waals surface area contributed by atoms with Gasteiger partial charge in [0.15, 0.2) is 0 Å². The van der Waals surface area contributed by atoms with Crippen LogP contribution >= 0.6 is 0 Å². The van der Waals surface area contributed by atoms with Crippen molar-refractivity contribution >= 4 is 15.9 Å². The van der Waals surface area contributed by atoms with Crippen molar-refractivity contribution < 1.29 is 8.42 Å². The third-order valence-electron chi connectivity index (χ3n) is 3.69. The molecule has 2 N–H and O–H groups in total. The number of anilines is 1. The molecule has 0 aliphatic carbocycles. The van der Waals surface area contributed by atoms with E-state index in [1.165, 1.54) is 29.1 Å². The summed E-state index contributed by atoms with van der Waals surface area (Å²) in [5.74, 6) is 0. The molecule has 21 heavy (non-hydrogen) atoms. The second kappa shape index (κ2) is 7.77. The van der Waals surface area contributed by atoms with Gasteiger partial charge in [-0.3, -0.25) is 4.72 Å². The van der Waals surface area contributed by atoms with E-state index in [0.29, 0.717) is 31.9 Å². The van der Waals surface area contributed by atoms with Crippen molar-refractivity contribution in [1.29, 1.82) is 0 Å². The number of aryl methyl sites for hydroxylation is 1. The Morgan fingerprint density at radius 2 is 1.81 bits per heavy atom. The van der Waals surface area contributed by atoms with E-state index in [0.717, 1.165) is 6.42 Å². The van der Waals surface area contributed by atoms with Crippen molar-refractivity contribution in [3.05, 3.63) is 29.8 Å². The maximum absolute atomic E-state index is 12.2. The van der Waals surface area contributed by atoms with Gasteiger partial charge in [-0.25, -0.2) is 0 Å². The van der Waals surface area contributed by atoms with Crippen LogP contribution in [-0.2, 0) is 16.6 Å². The molecule has 0 atom stereocenters. The molecule has 0 spiro atoms. The van der Waals surface area contributed by atoms with E-state index in [1.54, 1.807) is 0 Å². The summed E-state index contributed by atoms with van der Waals surface area (Å²) < 4.78 is 28.6. The van der Waals surface area contributed by atoms with Crippen LogP contribution in [0.2, 0.25) is 0 Å². The summed E-state index contributed by atoms with van der Waals surface area (Å²) in [6.45, 7) is 4.64. The number of hydrogen-bond acceptors (Lipinski definition) is 3. The van der Waals surface area contributed by atoms with E-state index in [2.05, 4.69) is 17.0 Å². The van der Waals surface area contributed by atoms with Gasteiger partial charge >= 0.3 is 10.2 Å². The minimum absolute atomic E-state index is 0.518. The predicted molar refractivity (Wildman–Crippen MR) is 86.7 cm³/mol. The molecule has 0 radical (unpaired) electrons. The second-order valence-corrected chi connectivity index (χ2v) is 7.08. The van der Waals surface area contributed by atoms with Crippen LogP contribution in [-0.4, -0.2) is 38.9 Å². The zero-order chi connectivity index (χ0) is 15.1. The lowest BCUT2D eigenvalue weighted by molar-refractivity contribution is 0.362. The van der Waals surface area contributed by atoms with E-state index in [-0.39, 0.29) is 0 Å². The first-order valence-corrected chi connectivity index (χ1v) is 9.13. The van der Waals surface area contributed by atoms with Crippen molar-refractivity contribution in [2.45, 2.75) is 32.6 Å². The van der Waals surface area contributed by atoms with Crippen molar-refractivity contribution in [2.75, 3.05) is 30.9 Å². The summed E-state index contributed by atoms with van der Waals surface area (Å²) in [5.41, 5.74) is 1.89. The lowest BCUT2D eigenvalue weighted by atomic mass is 10.1. The van der Waals surface area contributed by atoms with Crippen LogP contribution in [0.4, 0.5) is 5.69 Å². The molecule has 1 fully saturated rings. The molecule has 1 aromatic carbocycles. The maximum atomic E-state index is 12.2. The van der Waals surface area contributed by atoms with Gasteiger partial charge in [-0.2, -0.15) is 12.7 Å². The van der Waals surface area contributed by atoms with Gasteiger partial charge in [0.25, 0.3) is 0 Å². The molecule has 1 saturated heterocycles. The van der Waals surface area contributed by atoms with Crippen molar-refractivity contribution in [3.63, 3.8) is 0 Å². The monoisotopic (exact) mass is 311 g/mol. The van der Waals surface area contributed by atoms with E-state index in [9.17, 15) is 8.42 Å². The van der Waals surface area contributed by atoms with Crippen LogP contribution in [0.25, 0.3) is 0 Å². The minimum Gasteiger partial charge on any atom is -0.314 e. The normalized spacial score (nSPS) is 16.8. The fourth-order valence-electron chi connectivity index (χ4n) is 2.42. The third-order valence-corrected chi connectivity index (χ3v) is 5.22. The fraction of sp³-hybridized carbons (Fsp3) is 0.600. The standard InChI is InChI=1S/C15H25N3O2S/c1-2-3-4-5-14-6-8-15(9-7-14)17-21(19,20)18-12-10-16-11-13-18/h6-9,16-17H,2-5,10-13H2,1H3. The van der Waals surface area contributed by atoms with Crippen LogP contribution in [0.15, 0.2) is 24.3 Å². The molecule has 0 aromatic heterocycles. The average Bonchev–Trinajstić information content (AvgIpc) is 2.50. The van der Waals surface area contributed by atoms with Crippen molar-refractivity contribution in [3.8, 4) is 0 Å². The molecule has 2 rings (SSSR count). The SMILES string of the molecule is CCCCCc1ccc(NS(=O)(=O)N2CCNCC2)cc1. The molecule has 0 amide bonds. The summed E-state index contributed by atoms with van der Waals surface area (Å²) in [5, 5.41) is 3.15. The van der Waals surface area contributed by atoms with Gasteiger partial charge in [0.05, 0.1) is 0 Å². The van der Waals surface area contributed by atoms with E-state index >= 15 is 0 Å². The highest BCUT2D eigenvalue weighted by molar-refractivity contribution is 7.90. The molecular weight excluding hydrogens is 286 g/mol. The van der Waals surface area contributed by atoms with Gasteiger partial charge in [-0.1, -0.05) is 31.9 Å². The first-order chi connectivity index (χ1) is 10.1. The van der Waals surface area contributed by atoms with Crippen molar-refractivity contribution in [2.24, 2.45) is 0 Å². The Balaban J connectivity index is 1.92. The van der Waals surface area contributed by atoms with Gasteiger partial charge in [-0.15, -0.1) is 0 Å². The van der Waals surface area contributed by atoms with E-state index in [4.69, 9.17) is 0 Å². The highest BCUT2D eigenvalue weighted by Crippen LogP contribution is 2.15. The Morgan fingerprint density at radius 1 is 1.14 bits per heavy atom. The molecule has 1 aromatic rings. The van der Waals surface area contributed by atoms with E-state index < -0.39 is 10.2 Å². The molecular formula is C15H25N3O2S. The topological polar surface area (TPSA) is 61.4 Å². The highest BCUT2D eigenvalue weighted by Gasteiger charge is 2.23. The Hall–Kier alpha value is -1.11. The lowest BCUT2D eigenvalue weighted by Crippen LogP contribution is -2.48. The van der Waals surface area contributed by atoms with Gasteiger partial charge in [0, 0.05) is 31.9 Å². The minimum atomic E-state index is -3.43. The molecule has 118 valence electrons. The molecule has 0 saturated carbocycles. The second-order valence-electron chi connectivity index (χ2n) is 5.41.